The van der Waals surface area contributed by atoms with Crippen LogP contribution in [0.25, 0.3) is 0 Å². The number of thioether (sulfide) groups is 1. The second kappa shape index (κ2) is 7.34. The first-order chi connectivity index (χ1) is 13.8. The van der Waals surface area contributed by atoms with Gasteiger partial charge in [0.1, 0.15) is 6.33 Å². The SMILES string of the molecule is Cc1cccc([C@@]2(C)CC(C)(C)N(C(=O)CSc3ncn[nH]3)c3ccccc32)c1. The molecule has 4 rings (SSSR count). The number of hydrogen-bond acceptors (Lipinski definition) is 4. The fourth-order valence-electron chi connectivity index (χ4n) is 4.68. The molecule has 0 aliphatic carbocycles. The molecule has 1 aromatic heterocycles. The maximum atomic E-state index is 13.3. The van der Waals surface area contributed by atoms with E-state index in [9.17, 15) is 4.79 Å². The number of nitrogens with zero attached hydrogens (tertiary/aromatic N) is 3. The summed E-state index contributed by atoms with van der Waals surface area (Å²) in [6, 6.07) is 17.0. The zero-order valence-electron chi connectivity index (χ0n) is 17.3. The van der Waals surface area contributed by atoms with Crippen molar-refractivity contribution in [1.82, 2.24) is 15.2 Å². The minimum atomic E-state index is -0.327. The van der Waals surface area contributed by atoms with Crippen molar-refractivity contribution in [3.8, 4) is 0 Å². The molecule has 0 unspecified atom stereocenters. The monoisotopic (exact) mass is 406 g/mol. The Kier molecular flexibility index (Phi) is 4.99. The number of nitrogens with one attached hydrogen (secondary N) is 1. The zero-order chi connectivity index (χ0) is 20.6. The third-order valence-electron chi connectivity index (χ3n) is 5.76. The van der Waals surface area contributed by atoms with Gasteiger partial charge in [-0.1, -0.05) is 66.7 Å². The molecule has 0 bridgehead atoms. The Morgan fingerprint density at radius 1 is 1.17 bits per heavy atom. The molecule has 0 spiro atoms. The molecule has 0 saturated carbocycles. The lowest BCUT2D eigenvalue weighted by Gasteiger charge is -2.51. The number of hydrogen-bond donors (Lipinski definition) is 1. The summed E-state index contributed by atoms with van der Waals surface area (Å²) in [4.78, 5) is 19.4. The highest BCUT2D eigenvalue weighted by atomic mass is 32.2. The Bertz CT molecular complexity index is 1030. The minimum absolute atomic E-state index is 0.0788. The van der Waals surface area contributed by atoms with E-state index in [1.807, 2.05) is 11.0 Å². The van der Waals surface area contributed by atoms with Gasteiger partial charge in [-0.3, -0.25) is 9.89 Å². The second-order valence-electron chi connectivity index (χ2n) is 8.52. The number of rotatable bonds is 4. The predicted octanol–water partition coefficient (Wildman–Crippen LogP) is 4.73. The first-order valence-electron chi connectivity index (χ1n) is 9.79. The molecule has 1 N–H and O–H groups in total. The third-order valence-corrected chi connectivity index (χ3v) is 6.62. The van der Waals surface area contributed by atoms with Crippen LogP contribution >= 0.6 is 11.8 Å². The van der Waals surface area contributed by atoms with E-state index in [4.69, 9.17) is 0 Å². The van der Waals surface area contributed by atoms with Gasteiger partial charge in [0, 0.05) is 16.6 Å². The highest BCUT2D eigenvalue weighted by molar-refractivity contribution is 7.99. The second-order valence-corrected chi connectivity index (χ2v) is 9.48. The smallest absolute Gasteiger partial charge is 0.237 e. The Balaban J connectivity index is 1.75. The van der Waals surface area contributed by atoms with Crippen LogP contribution in [0.2, 0.25) is 0 Å². The van der Waals surface area contributed by atoms with Crippen LogP contribution in [0, 0.1) is 6.92 Å². The topological polar surface area (TPSA) is 61.9 Å². The summed E-state index contributed by atoms with van der Waals surface area (Å²) in [6.45, 7) is 8.75. The van der Waals surface area contributed by atoms with Crippen molar-refractivity contribution in [2.75, 3.05) is 10.7 Å². The molecule has 0 saturated heterocycles. The van der Waals surface area contributed by atoms with Gasteiger partial charge in [-0.2, -0.15) is 5.10 Å². The van der Waals surface area contributed by atoms with E-state index in [1.54, 1.807) is 0 Å². The van der Waals surface area contributed by atoms with Gasteiger partial charge in [-0.05, 0) is 44.4 Å². The number of aromatic nitrogens is 3. The molecule has 2 aromatic carbocycles. The van der Waals surface area contributed by atoms with E-state index in [-0.39, 0.29) is 16.9 Å². The van der Waals surface area contributed by atoms with Crippen molar-refractivity contribution < 1.29 is 4.79 Å². The number of H-pyrrole nitrogens is 1. The van der Waals surface area contributed by atoms with Crippen molar-refractivity contribution in [2.24, 2.45) is 0 Å². The standard InChI is InChI=1S/C23H26N4OS/c1-16-8-7-9-17(12-16)23(4)14-22(2,3)27(19-11-6-5-10-18(19)23)20(28)13-29-21-24-15-25-26-21/h5-12,15H,13-14H2,1-4H3,(H,24,25,26)/t23-/m1/s1. The van der Waals surface area contributed by atoms with E-state index >= 15 is 0 Å². The van der Waals surface area contributed by atoms with E-state index < -0.39 is 0 Å². The van der Waals surface area contributed by atoms with Crippen molar-refractivity contribution in [2.45, 2.75) is 50.2 Å². The lowest BCUT2D eigenvalue weighted by atomic mass is 9.65. The molecular formula is C23H26N4OS. The summed E-state index contributed by atoms with van der Waals surface area (Å²) in [6.07, 6.45) is 2.30. The normalized spacial score (nSPS) is 20.3. The van der Waals surface area contributed by atoms with Crippen LogP contribution in [-0.2, 0) is 10.2 Å². The number of benzene rings is 2. The van der Waals surface area contributed by atoms with Crippen molar-refractivity contribution in [3.05, 3.63) is 71.5 Å². The molecule has 2 heterocycles. The third kappa shape index (κ3) is 3.57. The summed E-state index contributed by atoms with van der Waals surface area (Å²) in [7, 11) is 0. The first kappa shape index (κ1) is 19.7. The van der Waals surface area contributed by atoms with E-state index in [1.165, 1.54) is 34.8 Å². The molecule has 5 nitrogen and oxygen atoms in total. The van der Waals surface area contributed by atoms with Gasteiger partial charge < -0.3 is 4.90 Å². The van der Waals surface area contributed by atoms with Crippen LogP contribution in [-0.4, -0.2) is 32.4 Å². The summed E-state index contributed by atoms with van der Waals surface area (Å²) in [5.41, 5.74) is 4.24. The Labute approximate surface area is 175 Å². The van der Waals surface area contributed by atoms with Crippen LogP contribution < -0.4 is 4.90 Å². The summed E-state index contributed by atoms with van der Waals surface area (Å²) < 4.78 is 0. The van der Waals surface area contributed by atoms with Gasteiger partial charge in [0.05, 0.1) is 5.75 Å². The number of para-hydroxylation sites is 1. The van der Waals surface area contributed by atoms with E-state index in [0.717, 1.165) is 12.1 Å². The molecule has 1 aliphatic heterocycles. The highest BCUT2D eigenvalue weighted by Crippen LogP contribution is 2.50. The number of amides is 1. The van der Waals surface area contributed by atoms with E-state index in [2.05, 4.69) is 85.3 Å². The molecule has 29 heavy (non-hydrogen) atoms. The largest absolute Gasteiger partial charge is 0.306 e. The molecule has 6 heteroatoms. The maximum absolute atomic E-state index is 13.3. The molecule has 1 aliphatic rings. The van der Waals surface area contributed by atoms with Crippen molar-refractivity contribution in [1.29, 1.82) is 0 Å². The first-order valence-corrected chi connectivity index (χ1v) is 10.8. The van der Waals surface area contributed by atoms with Gasteiger partial charge in [0.25, 0.3) is 0 Å². The fraction of sp³-hybridized carbons (Fsp3) is 0.348. The van der Waals surface area contributed by atoms with Crippen molar-refractivity contribution >= 4 is 23.4 Å². The number of aryl methyl sites for hydroxylation is 1. The van der Waals surface area contributed by atoms with Crippen LogP contribution in [0.4, 0.5) is 5.69 Å². The van der Waals surface area contributed by atoms with Gasteiger partial charge in [-0.25, -0.2) is 4.98 Å². The van der Waals surface area contributed by atoms with Crippen LogP contribution in [0.15, 0.2) is 60.0 Å². The van der Waals surface area contributed by atoms with Crippen molar-refractivity contribution in [3.63, 3.8) is 0 Å². The Morgan fingerprint density at radius 2 is 1.97 bits per heavy atom. The lowest BCUT2D eigenvalue weighted by Crippen LogP contribution is -2.56. The molecule has 1 amide bonds. The van der Waals surface area contributed by atoms with Gasteiger partial charge in [0.2, 0.25) is 5.91 Å². The average Bonchev–Trinajstić information content (AvgIpc) is 3.19. The van der Waals surface area contributed by atoms with Crippen LogP contribution in [0.5, 0.6) is 0 Å². The lowest BCUT2D eigenvalue weighted by molar-refractivity contribution is -0.117. The number of carbonyl (C=O) groups excluding carboxylic acids is 1. The number of fused-ring (bicyclic) bond motifs is 1. The molecule has 0 fully saturated rings. The maximum Gasteiger partial charge on any atom is 0.237 e. The molecule has 0 radical (unpaired) electrons. The molecular weight excluding hydrogens is 380 g/mol. The number of carbonyl (C=O) groups is 1. The van der Waals surface area contributed by atoms with E-state index in [0.29, 0.717) is 10.9 Å². The summed E-state index contributed by atoms with van der Waals surface area (Å²) in [5, 5.41) is 7.32. The van der Waals surface area contributed by atoms with Crippen LogP contribution in [0.1, 0.15) is 43.9 Å². The Hall–Kier alpha value is -2.60. The predicted molar refractivity (Wildman–Crippen MR) is 117 cm³/mol. The highest BCUT2D eigenvalue weighted by Gasteiger charge is 2.47. The summed E-state index contributed by atoms with van der Waals surface area (Å²) >= 11 is 1.38. The van der Waals surface area contributed by atoms with Gasteiger partial charge >= 0.3 is 0 Å². The summed E-state index contributed by atoms with van der Waals surface area (Å²) in [5.74, 6) is 0.392. The molecule has 3 aromatic rings. The zero-order valence-corrected chi connectivity index (χ0v) is 18.1. The average molecular weight is 407 g/mol. The minimum Gasteiger partial charge on any atom is -0.306 e. The quantitative estimate of drug-likeness (QED) is 0.637. The number of aromatic amines is 1. The molecule has 1 atom stereocenters. The number of anilines is 1. The van der Waals surface area contributed by atoms with Crippen LogP contribution in [0.3, 0.4) is 0 Å². The fourth-order valence-corrected chi connectivity index (χ4v) is 5.31. The molecule has 150 valence electrons. The van der Waals surface area contributed by atoms with Gasteiger partial charge in [-0.15, -0.1) is 0 Å². The van der Waals surface area contributed by atoms with Gasteiger partial charge in [0.15, 0.2) is 5.16 Å². The Morgan fingerprint density at radius 3 is 2.69 bits per heavy atom.